The number of carbonyl (C=O) groups is 1. The van der Waals surface area contributed by atoms with Crippen molar-refractivity contribution in [3.05, 3.63) is 29.4 Å². The predicted octanol–water partition coefficient (Wildman–Crippen LogP) is 1.43. The summed E-state index contributed by atoms with van der Waals surface area (Å²) in [5, 5.41) is 6.73. The molecule has 1 fully saturated rings. The second-order valence-corrected chi connectivity index (χ2v) is 5.97. The number of ether oxygens (including phenoxy) is 1. The van der Waals surface area contributed by atoms with Gasteiger partial charge in [-0.25, -0.2) is 9.97 Å². The average Bonchev–Trinajstić information content (AvgIpc) is 3.07. The van der Waals surface area contributed by atoms with E-state index in [2.05, 4.69) is 25.3 Å². The summed E-state index contributed by atoms with van der Waals surface area (Å²) < 4.78 is 10.6. The molecule has 1 N–H and O–H groups in total. The van der Waals surface area contributed by atoms with Gasteiger partial charge in [0.05, 0.1) is 31.3 Å². The molecule has 24 heavy (non-hydrogen) atoms. The highest BCUT2D eigenvalue weighted by atomic mass is 16.5. The van der Waals surface area contributed by atoms with E-state index in [1.807, 2.05) is 0 Å². The minimum absolute atomic E-state index is 0.273. The SMILES string of the molecule is O=C(Nc1cnc(N2CCOCC2)nc1)c1noc2c1CCCC2. The lowest BCUT2D eigenvalue weighted by Crippen LogP contribution is -2.37. The Morgan fingerprint density at radius 3 is 2.67 bits per heavy atom. The van der Waals surface area contributed by atoms with Crippen LogP contribution in [-0.4, -0.2) is 47.3 Å². The third-order valence-corrected chi connectivity index (χ3v) is 4.36. The van der Waals surface area contributed by atoms with Crippen LogP contribution in [0.25, 0.3) is 0 Å². The average molecular weight is 329 g/mol. The van der Waals surface area contributed by atoms with Gasteiger partial charge in [0.25, 0.3) is 5.91 Å². The maximum atomic E-state index is 12.4. The van der Waals surface area contributed by atoms with Crippen LogP contribution in [0.15, 0.2) is 16.9 Å². The van der Waals surface area contributed by atoms with Crippen molar-refractivity contribution in [3.63, 3.8) is 0 Å². The number of rotatable bonds is 3. The molecule has 3 heterocycles. The zero-order chi connectivity index (χ0) is 16.4. The zero-order valence-corrected chi connectivity index (χ0v) is 13.3. The molecule has 2 aliphatic rings. The number of hydrogen-bond donors (Lipinski definition) is 1. The van der Waals surface area contributed by atoms with Gasteiger partial charge in [0.15, 0.2) is 5.69 Å². The number of hydrogen-bond acceptors (Lipinski definition) is 7. The maximum absolute atomic E-state index is 12.4. The number of nitrogens with zero attached hydrogens (tertiary/aromatic N) is 4. The zero-order valence-electron chi connectivity index (χ0n) is 13.3. The van der Waals surface area contributed by atoms with Gasteiger partial charge in [-0.3, -0.25) is 4.79 Å². The van der Waals surface area contributed by atoms with Crippen molar-refractivity contribution < 1.29 is 14.1 Å². The third kappa shape index (κ3) is 2.96. The number of aromatic nitrogens is 3. The van der Waals surface area contributed by atoms with E-state index in [4.69, 9.17) is 9.26 Å². The summed E-state index contributed by atoms with van der Waals surface area (Å²) in [6.45, 7) is 2.91. The van der Waals surface area contributed by atoms with Crippen LogP contribution >= 0.6 is 0 Å². The largest absolute Gasteiger partial charge is 0.378 e. The standard InChI is InChI=1S/C16H19N5O3/c22-15(14-12-3-1-2-4-13(12)24-20-14)19-11-9-17-16(18-10-11)21-5-7-23-8-6-21/h9-10H,1-8H2,(H,19,22). The molecule has 1 aliphatic carbocycles. The molecule has 1 saturated heterocycles. The Hall–Kier alpha value is -2.48. The Morgan fingerprint density at radius 2 is 1.88 bits per heavy atom. The molecular formula is C16H19N5O3. The first kappa shape index (κ1) is 15.1. The molecule has 4 rings (SSSR count). The predicted molar refractivity (Wildman–Crippen MR) is 86.2 cm³/mol. The van der Waals surface area contributed by atoms with E-state index in [1.54, 1.807) is 12.4 Å². The van der Waals surface area contributed by atoms with Gasteiger partial charge < -0.3 is 19.5 Å². The van der Waals surface area contributed by atoms with Gasteiger partial charge in [0, 0.05) is 25.1 Å². The molecule has 0 atom stereocenters. The Labute approximate surface area is 139 Å². The van der Waals surface area contributed by atoms with Crippen LogP contribution in [0.5, 0.6) is 0 Å². The van der Waals surface area contributed by atoms with Gasteiger partial charge in [0.1, 0.15) is 5.76 Å². The van der Waals surface area contributed by atoms with E-state index in [-0.39, 0.29) is 5.91 Å². The summed E-state index contributed by atoms with van der Waals surface area (Å²) in [7, 11) is 0. The van der Waals surface area contributed by atoms with Crippen LogP contribution in [-0.2, 0) is 17.6 Å². The van der Waals surface area contributed by atoms with Crippen molar-refractivity contribution in [1.82, 2.24) is 15.1 Å². The van der Waals surface area contributed by atoms with Crippen molar-refractivity contribution in [2.45, 2.75) is 25.7 Å². The fourth-order valence-electron chi connectivity index (χ4n) is 3.07. The molecule has 0 radical (unpaired) electrons. The molecule has 8 nitrogen and oxygen atoms in total. The second-order valence-electron chi connectivity index (χ2n) is 5.97. The minimum Gasteiger partial charge on any atom is -0.378 e. The van der Waals surface area contributed by atoms with Gasteiger partial charge in [0.2, 0.25) is 5.95 Å². The molecule has 1 amide bonds. The summed E-state index contributed by atoms with van der Waals surface area (Å²) in [5.41, 5.74) is 1.86. The first-order chi connectivity index (χ1) is 11.8. The quantitative estimate of drug-likeness (QED) is 0.910. The monoisotopic (exact) mass is 329 g/mol. The summed E-state index contributed by atoms with van der Waals surface area (Å²) in [4.78, 5) is 23.1. The fourth-order valence-corrected chi connectivity index (χ4v) is 3.07. The first-order valence-electron chi connectivity index (χ1n) is 8.25. The van der Waals surface area contributed by atoms with Crippen molar-refractivity contribution in [2.75, 3.05) is 36.5 Å². The van der Waals surface area contributed by atoms with Crippen molar-refractivity contribution >= 4 is 17.5 Å². The Balaban J connectivity index is 1.45. The molecule has 0 spiro atoms. The number of carbonyl (C=O) groups excluding carboxylic acids is 1. The van der Waals surface area contributed by atoms with Gasteiger partial charge in [-0.1, -0.05) is 5.16 Å². The number of morpholine rings is 1. The first-order valence-corrected chi connectivity index (χ1v) is 8.25. The van der Waals surface area contributed by atoms with Gasteiger partial charge in [-0.15, -0.1) is 0 Å². The van der Waals surface area contributed by atoms with Crippen LogP contribution in [0, 0.1) is 0 Å². The molecule has 0 saturated carbocycles. The molecule has 1 aliphatic heterocycles. The number of fused-ring (bicyclic) bond motifs is 1. The molecule has 0 aromatic carbocycles. The highest BCUT2D eigenvalue weighted by molar-refractivity contribution is 6.03. The Morgan fingerprint density at radius 1 is 1.12 bits per heavy atom. The molecule has 0 unspecified atom stereocenters. The number of nitrogens with one attached hydrogen (secondary N) is 1. The molecule has 8 heteroatoms. The fraction of sp³-hybridized carbons (Fsp3) is 0.500. The van der Waals surface area contributed by atoms with E-state index in [0.29, 0.717) is 30.5 Å². The van der Waals surface area contributed by atoms with Crippen LogP contribution in [0.2, 0.25) is 0 Å². The van der Waals surface area contributed by atoms with Crippen molar-refractivity contribution in [2.24, 2.45) is 0 Å². The topological polar surface area (TPSA) is 93.4 Å². The van der Waals surface area contributed by atoms with E-state index < -0.39 is 0 Å². The Bertz CT molecular complexity index is 722. The van der Waals surface area contributed by atoms with E-state index in [1.165, 1.54) is 0 Å². The highest BCUT2D eigenvalue weighted by Crippen LogP contribution is 2.24. The lowest BCUT2D eigenvalue weighted by Gasteiger charge is -2.26. The summed E-state index contributed by atoms with van der Waals surface area (Å²) in [6, 6.07) is 0. The van der Waals surface area contributed by atoms with Crippen molar-refractivity contribution in [3.8, 4) is 0 Å². The molecule has 0 bridgehead atoms. The number of amides is 1. The van der Waals surface area contributed by atoms with Crippen LogP contribution in [0.3, 0.4) is 0 Å². The van der Waals surface area contributed by atoms with E-state index in [0.717, 1.165) is 50.1 Å². The van der Waals surface area contributed by atoms with Crippen molar-refractivity contribution in [1.29, 1.82) is 0 Å². The second kappa shape index (κ2) is 6.56. The van der Waals surface area contributed by atoms with E-state index in [9.17, 15) is 4.79 Å². The van der Waals surface area contributed by atoms with E-state index >= 15 is 0 Å². The van der Waals surface area contributed by atoms with Crippen LogP contribution in [0.4, 0.5) is 11.6 Å². The van der Waals surface area contributed by atoms with Crippen LogP contribution < -0.4 is 10.2 Å². The Kier molecular flexibility index (Phi) is 4.12. The summed E-state index contributed by atoms with van der Waals surface area (Å²) in [5.74, 6) is 1.21. The van der Waals surface area contributed by atoms with Crippen LogP contribution in [0.1, 0.15) is 34.7 Å². The summed E-state index contributed by atoms with van der Waals surface area (Å²) in [6.07, 6.45) is 7.07. The molecule has 2 aromatic heterocycles. The molecule has 2 aromatic rings. The smallest absolute Gasteiger partial charge is 0.278 e. The van der Waals surface area contributed by atoms with Gasteiger partial charge >= 0.3 is 0 Å². The van der Waals surface area contributed by atoms with Gasteiger partial charge in [-0.2, -0.15) is 0 Å². The molecule has 126 valence electrons. The maximum Gasteiger partial charge on any atom is 0.278 e. The lowest BCUT2D eigenvalue weighted by atomic mass is 9.96. The number of anilines is 2. The van der Waals surface area contributed by atoms with Gasteiger partial charge in [-0.05, 0) is 19.3 Å². The summed E-state index contributed by atoms with van der Waals surface area (Å²) >= 11 is 0. The number of aryl methyl sites for hydroxylation is 1. The highest BCUT2D eigenvalue weighted by Gasteiger charge is 2.24. The minimum atomic E-state index is -0.273. The normalized spacial score (nSPS) is 17.4. The molecular weight excluding hydrogens is 310 g/mol. The third-order valence-electron chi connectivity index (χ3n) is 4.36. The lowest BCUT2D eigenvalue weighted by molar-refractivity contribution is 0.101.